The van der Waals surface area contributed by atoms with E-state index in [0.29, 0.717) is 32.8 Å². The molecule has 8 heteroatoms. The van der Waals surface area contributed by atoms with Crippen LogP contribution in [0.25, 0.3) is 0 Å². The third kappa shape index (κ3) is 3.26. The molecular weight excluding hydrogens is 368 g/mol. The minimum absolute atomic E-state index is 0.319. The van der Waals surface area contributed by atoms with Crippen LogP contribution in [0, 0.1) is 0 Å². The number of nitrogens with one attached hydrogen (secondary N) is 2. The molecule has 1 aliphatic rings. The summed E-state index contributed by atoms with van der Waals surface area (Å²) in [5.74, 6) is 0.491. The topological polar surface area (TPSA) is 85.9 Å². The van der Waals surface area contributed by atoms with Crippen LogP contribution in [0.5, 0.6) is 11.5 Å². The van der Waals surface area contributed by atoms with Gasteiger partial charge in [0.05, 0.1) is 32.9 Å². The van der Waals surface area contributed by atoms with Gasteiger partial charge in [0.15, 0.2) is 11.5 Å². The molecule has 0 bridgehead atoms. The van der Waals surface area contributed by atoms with E-state index < -0.39 is 18.0 Å². The molecule has 2 N–H and O–H groups in total. The predicted molar refractivity (Wildman–Crippen MR) is 86.4 cm³/mol. The van der Waals surface area contributed by atoms with Crippen LogP contribution in [0.4, 0.5) is 4.79 Å². The lowest BCUT2D eigenvalue weighted by atomic mass is 9.95. The highest BCUT2D eigenvalue weighted by atomic mass is 79.9. The Morgan fingerprint density at radius 1 is 1.17 bits per heavy atom. The standard InChI is InChI=1S/C15H17BrN2O5/c1-7-12(14(19)23-4)13(18-15(20)17-7)8-5-10(21-2)11(22-3)6-9(8)16/h5-6,13H,1-4H3,(H2,17,18,20). The van der Waals surface area contributed by atoms with Gasteiger partial charge < -0.3 is 24.8 Å². The van der Waals surface area contributed by atoms with E-state index in [9.17, 15) is 9.59 Å². The summed E-state index contributed by atoms with van der Waals surface area (Å²) in [5.41, 5.74) is 1.41. The lowest BCUT2D eigenvalue weighted by Gasteiger charge is -2.29. The fourth-order valence-electron chi connectivity index (χ4n) is 2.40. The zero-order valence-electron chi connectivity index (χ0n) is 13.2. The Morgan fingerprint density at radius 2 is 1.78 bits per heavy atom. The number of amides is 2. The molecule has 2 amide bonds. The van der Waals surface area contributed by atoms with E-state index in [1.165, 1.54) is 21.3 Å². The Balaban J connectivity index is 2.60. The van der Waals surface area contributed by atoms with Gasteiger partial charge in [-0.3, -0.25) is 0 Å². The lowest BCUT2D eigenvalue weighted by Crippen LogP contribution is -2.45. The highest BCUT2D eigenvalue weighted by molar-refractivity contribution is 9.10. The van der Waals surface area contributed by atoms with Crippen molar-refractivity contribution in [1.29, 1.82) is 0 Å². The third-order valence-corrected chi connectivity index (χ3v) is 4.18. The molecule has 1 heterocycles. The number of halogens is 1. The third-order valence-electron chi connectivity index (χ3n) is 3.49. The van der Waals surface area contributed by atoms with Crippen molar-refractivity contribution in [3.8, 4) is 11.5 Å². The molecule has 23 heavy (non-hydrogen) atoms. The number of carbonyl (C=O) groups excluding carboxylic acids is 2. The summed E-state index contributed by atoms with van der Waals surface area (Å²) >= 11 is 3.44. The fraction of sp³-hybridized carbons (Fsp3) is 0.333. The van der Waals surface area contributed by atoms with Crippen molar-refractivity contribution in [2.24, 2.45) is 0 Å². The first-order chi connectivity index (χ1) is 10.9. The molecule has 1 atom stereocenters. The fourth-order valence-corrected chi connectivity index (χ4v) is 2.95. The first-order valence-electron chi connectivity index (χ1n) is 6.71. The smallest absolute Gasteiger partial charge is 0.337 e. The number of hydrogen-bond acceptors (Lipinski definition) is 5. The van der Waals surface area contributed by atoms with Crippen LogP contribution in [0.15, 0.2) is 27.9 Å². The number of esters is 1. The molecule has 0 saturated heterocycles. The van der Waals surface area contributed by atoms with Crippen LogP contribution in [-0.4, -0.2) is 33.3 Å². The average Bonchev–Trinajstić information content (AvgIpc) is 2.53. The van der Waals surface area contributed by atoms with Crippen LogP contribution in [0.1, 0.15) is 18.5 Å². The van der Waals surface area contributed by atoms with Crippen LogP contribution < -0.4 is 20.1 Å². The van der Waals surface area contributed by atoms with E-state index in [2.05, 4.69) is 26.6 Å². The van der Waals surface area contributed by atoms with Crippen LogP contribution in [0.2, 0.25) is 0 Å². The Morgan fingerprint density at radius 3 is 2.35 bits per heavy atom. The van der Waals surface area contributed by atoms with Gasteiger partial charge >= 0.3 is 12.0 Å². The normalized spacial score (nSPS) is 17.3. The molecule has 0 saturated carbocycles. The van der Waals surface area contributed by atoms with E-state index in [-0.39, 0.29) is 0 Å². The van der Waals surface area contributed by atoms with E-state index in [0.717, 1.165) is 0 Å². The molecule has 1 unspecified atom stereocenters. The van der Waals surface area contributed by atoms with Gasteiger partial charge in [0.25, 0.3) is 0 Å². The summed E-state index contributed by atoms with van der Waals surface area (Å²) in [6, 6.07) is 2.34. The van der Waals surface area contributed by atoms with Crippen molar-refractivity contribution in [1.82, 2.24) is 10.6 Å². The monoisotopic (exact) mass is 384 g/mol. The van der Waals surface area contributed by atoms with Gasteiger partial charge in [0.2, 0.25) is 0 Å². The maximum Gasteiger partial charge on any atom is 0.337 e. The minimum Gasteiger partial charge on any atom is -0.493 e. The Labute approximate surface area is 142 Å². The maximum atomic E-state index is 12.1. The molecule has 7 nitrogen and oxygen atoms in total. The summed E-state index contributed by atoms with van der Waals surface area (Å²) in [6.45, 7) is 1.65. The quantitative estimate of drug-likeness (QED) is 0.777. The minimum atomic E-state index is -0.676. The van der Waals surface area contributed by atoms with Gasteiger partial charge in [0, 0.05) is 10.2 Å². The molecule has 0 spiro atoms. The van der Waals surface area contributed by atoms with E-state index >= 15 is 0 Å². The number of ether oxygens (including phenoxy) is 3. The van der Waals surface area contributed by atoms with Crippen molar-refractivity contribution in [2.75, 3.05) is 21.3 Å². The van der Waals surface area contributed by atoms with Crippen molar-refractivity contribution < 1.29 is 23.8 Å². The van der Waals surface area contributed by atoms with Crippen LogP contribution in [-0.2, 0) is 9.53 Å². The van der Waals surface area contributed by atoms with Gasteiger partial charge in [-0.05, 0) is 24.6 Å². The molecule has 124 valence electrons. The Kier molecular flexibility index (Phi) is 5.15. The molecule has 2 rings (SSSR count). The van der Waals surface area contributed by atoms with Crippen molar-refractivity contribution in [3.63, 3.8) is 0 Å². The van der Waals surface area contributed by atoms with Crippen molar-refractivity contribution in [3.05, 3.63) is 33.4 Å². The number of allylic oxidation sites excluding steroid dienone is 1. The summed E-state index contributed by atoms with van der Waals surface area (Å²) in [6.07, 6.45) is 0. The summed E-state index contributed by atoms with van der Waals surface area (Å²) in [7, 11) is 4.33. The second-order valence-electron chi connectivity index (χ2n) is 4.79. The Hall–Kier alpha value is -2.22. The molecule has 0 aliphatic carbocycles. The molecule has 0 radical (unpaired) electrons. The van der Waals surface area contributed by atoms with Crippen molar-refractivity contribution in [2.45, 2.75) is 13.0 Å². The zero-order valence-corrected chi connectivity index (χ0v) is 14.7. The molecule has 1 aromatic rings. The highest BCUT2D eigenvalue weighted by Gasteiger charge is 2.33. The van der Waals surface area contributed by atoms with Gasteiger partial charge in [0.1, 0.15) is 0 Å². The second kappa shape index (κ2) is 6.91. The number of benzene rings is 1. The molecular formula is C15H17BrN2O5. The molecule has 1 aromatic carbocycles. The van der Waals surface area contributed by atoms with E-state index in [1.54, 1.807) is 19.1 Å². The highest BCUT2D eigenvalue weighted by Crippen LogP contribution is 2.39. The van der Waals surface area contributed by atoms with Crippen LogP contribution in [0.3, 0.4) is 0 Å². The van der Waals surface area contributed by atoms with Gasteiger partial charge in [-0.15, -0.1) is 0 Å². The van der Waals surface area contributed by atoms with Crippen LogP contribution >= 0.6 is 15.9 Å². The van der Waals surface area contributed by atoms with Crippen molar-refractivity contribution >= 4 is 27.9 Å². The zero-order chi connectivity index (χ0) is 17.1. The second-order valence-corrected chi connectivity index (χ2v) is 5.64. The number of rotatable bonds is 4. The number of carbonyl (C=O) groups is 2. The van der Waals surface area contributed by atoms with Gasteiger partial charge in [-0.25, -0.2) is 9.59 Å². The lowest BCUT2D eigenvalue weighted by molar-refractivity contribution is -0.136. The number of hydrogen-bond donors (Lipinski definition) is 2. The van der Waals surface area contributed by atoms with Gasteiger partial charge in [-0.2, -0.15) is 0 Å². The molecule has 0 fully saturated rings. The number of urea groups is 1. The SMILES string of the molecule is COC(=O)C1=C(C)NC(=O)NC1c1cc(OC)c(OC)cc1Br. The van der Waals surface area contributed by atoms with E-state index in [4.69, 9.17) is 14.2 Å². The summed E-state index contributed by atoms with van der Waals surface area (Å²) in [4.78, 5) is 23.9. The summed E-state index contributed by atoms with van der Waals surface area (Å²) in [5, 5.41) is 5.30. The first-order valence-corrected chi connectivity index (χ1v) is 7.50. The van der Waals surface area contributed by atoms with E-state index in [1.807, 2.05) is 0 Å². The first kappa shape index (κ1) is 17.1. The maximum absolute atomic E-state index is 12.1. The average molecular weight is 385 g/mol. The van der Waals surface area contributed by atoms with Gasteiger partial charge in [-0.1, -0.05) is 15.9 Å². The molecule has 0 aromatic heterocycles. The number of methoxy groups -OCH3 is 3. The molecule has 1 aliphatic heterocycles. The predicted octanol–water partition coefficient (Wildman–Crippen LogP) is 2.27. The Bertz CT molecular complexity index is 687. The largest absolute Gasteiger partial charge is 0.493 e. The summed E-state index contributed by atoms with van der Waals surface area (Å²) < 4.78 is 16.0.